The van der Waals surface area contributed by atoms with E-state index in [0.717, 1.165) is 25.0 Å². The number of amides is 3. The lowest BCUT2D eigenvalue weighted by atomic mass is 9.49. The quantitative estimate of drug-likeness (QED) is 0.0531. The van der Waals surface area contributed by atoms with Crippen molar-refractivity contribution in [3.63, 3.8) is 0 Å². The average molecular weight is 973 g/mol. The minimum Gasteiger partial charge on any atom is -0.507 e. The van der Waals surface area contributed by atoms with E-state index >= 15 is 0 Å². The Hall–Kier alpha value is -6.45. The first-order valence-electron chi connectivity index (χ1n) is 23.4. The summed E-state index contributed by atoms with van der Waals surface area (Å²) < 4.78 is 63.9. The van der Waals surface area contributed by atoms with Crippen molar-refractivity contribution >= 4 is 23.5 Å². The number of ketones is 1. The average Bonchev–Trinajstić information content (AvgIpc) is 4.01. The van der Waals surface area contributed by atoms with Gasteiger partial charge in [-0.2, -0.15) is 18.4 Å². The van der Waals surface area contributed by atoms with E-state index < -0.39 is 69.5 Å². The van der Waals surface area contributed by atoms with Gasteiger partial charge >= 0.3 is 6.18 Å². The number of hydrogen-bond donors (Lipinski definition) is 5. The summed E-state index contributed by atoms with van der Waals surface area (Å²) in [6.45, 7) is 15.7. The molecule has 1 aliphatic carbocycles. The predicted molar refractivity (Wildman–Crippen MR) is 253 cm³/mol. The molecule has 1 saturated carbocycles. The van der Waals surface area contributed by atoms with Crippen LogP contribution in [0.3, 0.4) is 0 Å². The molecule has 2 fully saturated rings. The Bertz CT molecular complexity index is 2540. The van der Waals surface area contributed by atoms with Gasteiger partial charge in [0.1, 0.15) is 36.0 Å². The fourth-order valence-electron chi connectivity index (χ4n) is 9.65. The predicted octanol–water partition coefficient (Wildman–Crippen LogP) is 8.13. The Morgan fingerprint density at radius 2 is 1.63 bits per heavy atom. The lowest BCUT2D eigenvalue weighted by Gasteiger charge is -2.63. The number of nitriles is 1. The number of carbonyl (C=O) groups excluding carboxylic acids is 4. The minimum absolute atomic E-state index is 0.0121. The number of benzene rings is 3. The second-order valence-corrected chi connectivity index (χ2v) is 20.3. The van der Waals surface area contributed by atoms with Crippen molar-refractivity contribution in [3.05, 3.63) is 95.0 Å². The Balaban J connectivity index is 0.937. The third-order valence-electron chi connectivity index (χ3n) is 13.1. The number of oxazole rings is 1. The van der Waals surface area contributed by atoms with Crippen molar-refractivity contribution in [3.8, 4) is 34.6 Å². The van der Waals surface area contributed by atoms with E-state index in [1.54, 1.807) is 49.4 Å². The Labute approximate surface area is 406 Å². The van der Waals surface area contributed by atoms with Gasteiger partial charge in [0, 0.05) is 29.0 Å². The largest absolute Gasteiger partial charge is 0.507 e. The topological polar surface area (TPSA) is 214 Å². The third kappa shape index (κ3) is 12.3. The van der Waals surface area contributed by atoms with Crippen molar-refractivity contribution in [2.24, 2.45) is 16.2 Å². The number of aromatic hydroxyl groups is 1. The van der Waals surface area contributed by atoms with Crippen LogP contribution in [-0.4, -0.2) is 84.2 Å². The van der Waals surface area contributed by atoms with E-state index in [1.807, 2.05) is 48.5 Å². The molecule has 70 heavy (non-hydrogen) atoms. The highest BCUT2D eigenvalue weighted by Crippen LogP contribution is 2.56. The molecule has 376 valence electrons. The molecule has 0 spiro atoms. The third-order valence-corrected chi connectivity index (χ3v) is 13.1. The summed E-state index contributed by atoms with van der Waals surface area (Å²) >= 11 is 0. The van der Waals surface area contributed by atoms with Gasteiger partial charge in [0.05, 0.1) is 47.1 Å². The van der Waals surface area contributed by atoms with Crippen LogP contribution < -0.4 is 30.7 Å². The van der Waals surface area contributed by atoms with E-state index in [-0.39, 0.29) is 42.6 Å². The van der Waals surface area contributed by atoms with E-state index in [9.17, 15) is 37.5 Å². The maximum Gasteiger partial charge on any atom is 0.417 e. The van der Waals surface area contributed by atoms with Gasteiger partial charge in [0.2, 0.25) is 11.8 Å². The van der Waals surface area contributed by atoms with E-state index in [0.29, 0.717) is 66.3 Å². The molecule has 2 aliphatic rings. The van der Waals surface area contributed by atoms with Crippen molar-refractivity contribution in [2.45, 2.75) is 124 Å². The maximum atomic E-state index is 14.4. The van der Waals surface area contributed by atoms with Gasteiger partial charge < -0.3 is 45.0 Å². The Morgan fingerprint density at radius 3 is 2.23 bits per heavy atom. The number of nitrogens with zero attached hydrogens (tertiary/aromatic N) is 2. The first-order chi connectivity index (χ1) is 32.9. The van der Waals surface area contributed by atoms with Crippen molar-refractivity contribution in [2.75, 3.05) is 26.4 Å². The number of aromatic nitrogens is 1. The first-order valence-corrected chi connectivity index (χ1v) is 23.4. The zero-order chi connectivity index (χ0) is 51.2. The van der Waals surface area contributed by atoms with Crippen LogP contribution in [-0.2, 0) is 25.3 Å². The normalized spacial score (nSPS) is 19.2. The zero-order valence-corrected chi connectivity index (χ0v) is 40.8. The van der Waals surface area contributed by atoms with Crippen molar-refractivity contribution in [1.29, 1.82) is 5.26 Å². The van der Waals surface area contributed by atoms with Crippen molar-refractivity contribution < 1.29 is 56.1 Å². The van der Waals surface area contributed by atoms with Gasteiger partial charge in [-0.15, -0.1) is 0 Å². The van der Waals surface area contributed by atoms with Crippen LogP contribution in [0.4, 0.5) is 13.2 Å². The molecule has 2 heterocycles. The summed E-state index contributed by atoms with van der Waals surface area (Å²) in [6.07, 6.45) is -0.519. The van der Waals surface area contributed by atoms with Crippen LogP contribution in [0, 0.1) is 34.5 Å². The molecule has 1 saturated heterocycles. The number of rotatable bonds is 20. The molecule has 0 radical (unpaired) electrons. The summed E-state index contributed by atoms with van der Waals surface area (Å²) in [6, 6.07) is 13.1. The van der Waals surface area contributed by atoms with Gasteiger partial charge in [-0.25, -0.2) is 4.98 Å². The van der Waals surface area contributed by atoms with Crippen LogP contribution in [0.25, 0.3) is 11.3 Å². The summed E-state index contributed by atoms with van der Waals surface area (Å²) in [5.41, 5.74) is -1.95. The number of ether oxygens (including phenoxy) is 3. The molecule has 1 aliphatic heterocycles. The minimum atomic E-state index is -4.72. The summed E-state index contributed by atoms with van der Waals surface area (Å²) in [4.78, 5) is 58.5. The molecule has 1 aromatic heterocycles. The molecule has 15 nitrogen and oxygen atoms in total. The highest BCUT2D eigenvalue weighted by Gasteiger charge is 2.64. The SMILES string of the molecule is Cc1ncoc1-c1ccc(C(NC(=O)C2CCCN2)C(=O)[C@@H](NC(=O)COCCCCCOc2ccc(C(=O)NC3C(C)(C)C(Oc4ccc(C#N)c(C(F)(F)F)c4)C3(C)C)cc2)C(C)(C)C)cc1O. The Kier molecular flexibility index (Phi) is 16.4. The molecule has 2 unspecified atom stereocenters. The maximum absolute atomic E-state index is 14.4. The van der Waals surface area contributed by atoms with Gasteiger partial charge in [-0.1, -0.05) is 54.5 Å². The number of nitrogens with one attached hydrogen (secondary N) is 4. The summed E-state index contributed by atoms with van der Waals surface area (Å²) in [7, 11) is 0. The molecule has 0 bridgehead atoms. The van der Waals surface area contributed by atoms with Gasteiger partial charge in [-0.3, -0.25) is 19.2 Å². The molecular weight excluding hydrogens is 910 g/mol. The molecule has 3 atom stereocenters. The van der Waals surface area contributed by atoms with Crippen LogP contribution >= 0.6 is 0 Å². The number of alkyl halides is 3. The number of unbranched alkanes of at least 4 members (excludes halogenated alkanes) is 2. The lowest BCUT2D eigenvalue weighted by Crippen LogP contribution is -2.74. The summed E-state index contributed by atoms with van der Waals surface area (Å²) in [5, 5.41) is 32.1. The summed E-state index contributed by atoms with van der Waals surface area (Å²) in [5.74, 6) is -0.883. The van der Waals surface area contributed by atoms with E-state index in [1.165, 1.54) is 18.5 Å². The number of carbonyl (C=O) groups is 4. The number of halogens is 3. The van der Waals surface area contributed by atoms with Crippen LogP contribution in [0.2, 0.25) is 0 Å². The molecule has 4 aromatic rings. The number of phenols is 1. The highest BCUT2D eigenvalue weighted by molar-refractivity contribution is 5.98. The number of hydrogen-bond acceptors (Lipinski definition) is 12. The van der Waals surface area contributed by atoms with Crippen molar-refractivity contribution in [1.82, 2.24) is 26.3 Å². The van der Waals surface area contributed by atoms with Gasteiger partial charge in [0.25, 0.3) is 5.91 Å². The van der Waals surface area contributed by atoms with Gasteiger partial charge in [0.15, 0.2) is 17.9 Å². The molecule has 3 amide bonds. The smallest absolute Gasteiger partial charge is 0.417 e. The number of phenolic OH excluding ortho intramolecular Hbond substituents is 1. The number of Topliss-reactive ketones (excluding diaryl/α,β-unsaturated/α-hetero) is 1. The Morgan fingerprint density at radius 1 is 0.943 bits per heavy atom. The lowest BCUT2D eigenvalue weighted by molar-refractivity contribution is -0.164. The van der Waals surface area contributed by atoms with Crippen LogP contribution in [0.5, 0.6) is 17.2 Å². The molecule has 5 N–H and O–H groups in total. The fraction of sp³-hybridized carbons (Fsp3) is 0.500. The van der Waals surface area contributed by atoms with Crippen LogP contribution in [0.1, 0.15) is 119 Å². The van der Waals surface area contributed by atoms with Gasteiger partial charge in [-0.05, 0) is 111 Å². The standard InChI is InChI=1S/C52H63F3N6O9/c1-30-43(69-29-58-30)36-21-17-32(25-39(36)62)41(60-46(66)38-13-12-22-57-38)42(64)44(49(2,3)4)59-40(63)28-67-23-10-9-11-24-68-34-18-14-31(15-19-34)45(65)61-47-50(5,6)48(51(47,7)8)70-35-20-16-33(27-56)37(26-35)52(53,54)55/h14-21,25-26,29,38,41,44,47-48,57,62H,9-13,22-24,28H2,1-8H3,(H,59,63)(H,60,66)(H,61,65)/t38?,41?,44-,47?,48?/m1/s1. The molecule has 3 aromatic carbocycles. The second kappa shape index (κ2) is 21.7. The van der Waals surface area contributed by atoms with Crippen LogP contribution in [0.15, 0.2) is 71.5 Å². The monoisotopic (exact) mass is 972 g/mol. The number of aryl methyl sites for hydroxylation is 1. The zero-order valence-electron chi connectivity index (χ0n) is 40.8. The van der Waals surface area contributed by atoms with E-state index in [4.69, 9.17) is 23.9 Å². The second-order valence-electron chi connectivity index (χ2n) is 20.3. The highest BCUT2D eigenvalue weighted by atomic mass is 19.4. The molecule has 6 rings (SSSR count). The fourth-order valence-corrected chi connectivity index (χ4v) is 9.65. The first kappa shape index (κ1) is 52.9. The van der Waals surface area contributed by atoms with E-state index in [2.05, 4.69) is 26.3 Å². The molecular formula is C52H63F3N6O9. The molecule has 18 heteroatoms.